The molecule has 1 aliphatic rings. The van der Waals surface area contributed by atoms with Gasteiger partial charge in [-0.3, -0.25) is 14.3 Å². The molecule has 1 aromatic heterocycles. The van der Waals surface area contributed by atoms with Crippen molar-refractivity contribution in [3.63, 3.8) is 0 Å². The number of amides is 1. The van der Waals surface area contributed by atoms with E-state index in [4.69, 9.17) is 0 Å². The van der Waals surface area contributed by atoms with Crippen molar-refractivity contribution in [1.29, 1.82) is 0 Å². The predicted octanol–water partition coefficient (Wildman–Crippen LogP) is 2.52. The summed E-state index contributed by atoms with van der Waals surface area (Å²) in [6.07, 6.45) is 0. The molecule has 1 aliphatic heterocycles. The number of fused-ring (bicyclic) bond motifs is 1. The predicted molar refractivity (Wildman–Crippen MR) is 106 cm³/mol. The van der Waals surface area contributed by atoms with Crippen LogP contribution in [0.25, 0.3) is 10.9 Å². The molecule has 1 fully saturated rings. The number of carbonyl (C=O) groups is 1. The molecule has 3 aromatic rings. The molecule has 6 nitrogen and oxygen atoms in total. The number of nitrogens with zero attached hydrogens (tertiary/aromatic N) is 4. The highest BCUT2D eigenvalue weighted by Crippen LogP contribution is 2.17. The Morgan fingerprint density at radius 2 is 1.79 bits per heavy atom. The number of aromatic nitrogens is 2. The number of rotatable bonds is 3. The van der Waals surface area contributed by atoms with Crippen LogP contribution in [-0.2, 0) is 6.54 Å². The van der Waals surface area contributed by atoms with Crippen molar-refractivity contribution in [3.8, 4) is 0 Å². The van der Waals surface area contributed by atoms with Crippen molar-refractivity contribution in [3.05, 3.63) is 70.3 Å². The Labute approximate surface area is 161 Å². The molecule has 0 unspecified atom stereocenters. The van der Waals surface area contributed by atoms with Crippen LogP contribution in [0.15, 0.2) is 53.3 Å². The zero-order chi connectivity index (χ0) is 19.7. The second kappa shape index (κ2) is 7.42. The summed E-state index contributed by atoms with van der Waals surface area (Å²) in [5.74, 6) is -0.903. The maximum absolute atomic E-state index is 13.7. The molecule has 0 aliphatic carbocycles. The molecule has 7 heteroatoms. The highest BCUT2D eigenvalue weighted by Gasteiger charge is 2.26. The van der Waals surface area contributed by atoms with E-state index in [1.54, 1.807) is 9.58 Å². The number of piperazine rings is 1. The van der Waals surface area contributed by atoms with Crippen LogP contribution in [0, 0.1) is 5.82 Å². The van der Waals surface area contributed by atoms with Crippen molar-refractivity contribution >= 4 is 22.5 Å². The van der Waals surface area contributed by atoms with E-state index in [0.29, 0.717) is 38.2 Å². The summed E-state index contributed by atoms with van der Waals surface area (Å²) < 4.78 is 15.2. The van der Waals surface area contributed by atoms with Gasteiger partial charge in [0.05, 0.1) is 10.9 Å². The number of hydrogen-bond acceptors (Lipinski definition) is 4. The van der Waals surface area contributed by atoms with Crippen LogP contribution >= 0.6 is 0 Å². The summed E-state index contributed by atoms with van der Waals surface area (Å²) in [5.41, 5.74) is 0.976. The van der Waals surface area contributed by atoms with Crippen LogP contribution in [0.3, 0.4) is 0 Å². The van der Waals surface area contributed by atoms with Crippen molar-refractivity contribution in [2.45, 2.75) is 13.5 Å². The van der Waals surface area contributed by atoms with E-state index in [-0.39, 0.29) is 11.1 Å². The lowest BCUT2D eigenvalue weighted by Crippen LogP contribution is -2.50. The Morgan fingerprint density at radius 3 is 2.46 bits per heavy atom. The van der Waals surface area contributed by atoms with Crippen molar-refractivity contribution in [2.24, 2.45) is 0 Å². The Hall–Kier alpha value is -3.22. The quantitative estimate of drug-likeness (QED) is 0.701. The summed E-state index contributed by atoms with van der Waals surface area (Å²) in [4.78, 5) is 29.7. The molecular weight excluding hydrogens is 359 g/mol. The van der Waals surface area contributed by atoms with Gasteiger partial charge in [0, 0.05) is 38.4 Å². The molecule has 4 rings (SSSR count). The number of hydrogen-bond donors (Lipinski definition) is 0. The van der Waals surface area contributed by atoms with E-state index in [1.165, 1.54) is 18.2 Å². The molecule has 0 bridgehead atoms. The lowest BCUT2D eigenvalue weighted by Gasteiger charge is -2.35. The highest BCUT2D eigenvalue weighted by atomic mass is 19.1. The third-order valence-electron chi connectivity index (χ3n) is 5.11. The second-order valence-electron chi connectivity index (χ2n) is 6.77. The molecule has 0 spiro atoms. The number of halogens is 1. The molecule has 0 atom stereocenters. The summed E-state index contributed by atoms with van der Waals surface area (Å²) in [7, 11) is 0. The van der Waals surface area contributed by atoms with Gasteiger partial charge < -0.3 is 9.80 Å². The number of carbonyl (C=O) groups excluding carboxylic acids is 1. The molecule has 0 radical (unpaired) electrons. The minimum absolute atomic E-state index is 0.145. The summed E-state index contributed by atoms with van der Waals surface area (Å²) in [6.45, 7) is 4.71. The van der Waals surface area contributed by atoms with E-state index >= 15 is 0 Å². The molecule has 2 aromatic carbocycles. The Balaban J connectivity index is 1.61. The monoisotopic (exact) mass is 380 g/mol. The molecule has 0 N–H and O–H groups in total. The zero-order valence-electron chi connectivity index (χ0n) is 15.6. The topological polar surface area (TPSA) is 58.4 Å². The molecule has 28 heavy (non-hydrogen) atoms. The first kappa shape index (κ1) is 18.2. The normalized spacial score (nSPS) is 14.5. The van der Waals surface area contributed by atoms with E-state index < -0.39 is 17.2 Å². The molecule has 2 heterocycles. The number of para-hydroxylation sites is 1. The fourth-order valence-electron chi connectivity index (χ4n) is 3.60. The minimum Gasteiger partial charge on any atom is -0.368 e. The molecular formula is C21H21FN4O2. The Morgan fingerprint density at radius 1 is 1.07 bits per heavy atom. The maximum Gasteiger partial charge on any atom is 0.278 e. The summed E-state index contributed by atoms with van der Waals surface area (Å²) >= 11 is 0. The average molecular weight is 380 g/mol. The van der Waals surface area contributed by atoms with Crippen LogP contribution in [0.1, 0.15) is 17.4 Å². The fourth-order valence-corrected chi connectivity index (χ4v) is 3.60. The van der Waals surface area contributed by atoms with Gasteiger partial charge in [-0.1, -0.05) is 18.2 Å². The standard InChI is InChI=1S/C21H21FN4O2/c1-2-26-18-9-8-15(22)14-17(18)20(27)19(23-26)21(28)25-12-10-24(11-13-25)16-6-4-3-5-7-16/h3-9,14H,2,10-13H2,1H3. The maximum atomic E-state index is 13.7. The van der Waals surface area contributed by atoms with E-state index in [9.17, 15) is 14.0 Å². The van der Waals surface area contributed by atoms with Crippen molar-refractivity contribution in [1.82, 2.24) is 14.7 Å². The van der Waals surface area contributed by atoms with Crippen molar-refractivity contribution < 1.29 is 9.18 Å². The van der Waals surface area contributed by atoms with Gasteiger partial charge in [-0.15, -0.1) is 0 Å². The van der Waals surface area contributed by atoms with E-state index in [0.717, 1.165) is 5.69 Å². The van der Waals surface area contributed by atoms with E-state index in [2.05, 4.69) is 10.00 Å². The first-order chi connectivity index (χ1) is 13.6. The highest BCUT2D eigenvalue weighted by molar-refractivity contribution is 5.95. The van der Waals surface area contributed by atoms with Gasteiger partial charge in [-0.2, -0.15) is 5.10 Å². The number of benzene rings is 2. The Kier molecular flexibility index (Phi) is 4.81. The summed E-state index contributed by atoms with van der Waals surface area (Å²) in [6, 6.07) is 14.0. The third kappa shape index (κ3) is 3.24. The number of aryl methyl sites for hydroxylation is 1. The summed E-state index contributed by atoms with van der Waals surface area (Å²) in [5, 5.41) is 4.46. The minimum atomic E-state index is -0.519. The Bertz CT molecular complexity index is 1070. The van der Waals surface area contributed by atoms with Crippen LogP contribution in [0.2, 0.25) is 0 Å². The largest absolute Gasteiger partial charge is 0.368 e. The van der Waals surface area contributed by atoms with Crippen LogP contribution in [-0.4, -0.2) is 46.8 Å². The number of anilines is 1. The van der Waals surface area contributed by atoms with Crippen LogP contribution in [0.4, 0.5) is 10.1 Å². The van der Waals surface area contributed by atoms with Gasteiger partial charge in [0.15, 0.2) is 5.69 Å². The molecule has 1 amide bonds. The SMILES string of the molecule is CCn1nc(C(=O)N2CCN(c3ccccc3)CC2)c(=O)c2cc(F)ccc21. The lowest BCUT2D eigenvalue weighted by atomic mass is 10.1. The molecule has 144 valence electrons. The smallest absolute Gasteiger partial charge is 0.278 e. The van der Waals surface area contributed by atoms with Gasteiger partial charge in [0.2, 0.25) is 5.43 Å². The van der Waals surface area contributed by atoms with Gasteiger partial charge in [-0.05, 0) is 37.3 Å². The zero-order valence-corrected chi connectivity index (χ0v) is 15.6. The molecule has 1 saturated heterocycles. The fraction of sp³-hybridized carbons (Fsp3) is 0.286. The second-order valence-corrected chi connectivity index (χ2v) is 6.77. The van der Waals surface area contributed by atoms with Crippen molar-refractivity contribution in [2.75, 3.05) is 31.1 Å². The van der Waals surface area contributed by atoms with Crippen LogP contribution < -0.4 is 10.3 Å². The van der Waals surface area contributed by atoms with Gasteiger partial charge in [-0.25, -0.2) is 4.39 Å². The van der Waals surface area contributed by atoms with Gasteiger partial charge in [0.25, 0.3) is 5.91 Å². The van der Waals surface area contributed by atoms with E-state index in [1.807, 2.05) is 37.3 Å². The molecule has 0 saturated carbocycles. The average Bonchev–Trinajstić information content (AvgIpc) is 2.74. The van der Waals surface area contributed by atoms with Crippen LogP contribution in [0.5, 0.6) is 0 Å². The lowest BCUT2D eigenvalue weighted by molar-refractivity contribution is 0.0737. The van der Waals surface area contributed by atoms with Gasteiger partial charge in [0.1, 0.15) is 5.82 Å². The first-order valence-corrected chi connectivity index (χ1v) is 9.38. The third-order valence-corrected chi connectivity index (χ3v) is 5.11. The first-order valence-electron chi connectivity index (χ1n) is 9.38. The van der Waals surface area contributed by atoms with Gasteiger partial charge >= 0.3 is 0 Å².